The molecular formula is C10H19N. The Balaban J connectivity index is 1.97. The quantitative estimate of drug-likeness (QED) is 0.609. The van der Waals surface area contributed by atoms with Gasteiger partial charge >= 0.3 is 0 Å². The molecule has 1 spiro atoms. The van der Waals surface area contributed by atoms with Crippen molar-refractivity contribution >= 4 is 0 Å². The molecule has 11 heavy (non-hydrogen) atoms. The molecule has 1 saturated heterocycles. The first-order chi connectivity index (χ1) is 5.37. The molecule has 1 aliphatic heterocycles. The number of hydrogen-bond donors (Lipinski definition) is 1. The van der Waals surface area contributed by atoms with Gasteiger partial charge in [-0.25, -0.2) is 0 Å². The van der Waals surface area contributed by atoms with Crippen LogP contribution in [-0.4, -0.2) is 12.6 Å². The molecule has 0 radical (unpaired) electrons. The molecule has 0 amide bonds. The van der Waals surface area contributed by atoms with Crippen LogP contribution in [0.25, 0.3) is 0 Å². The molecule has 1 aliphatic carbocycles. The Morgan fingerprint density at radius 2 is 2.00 bits per heavy atom. The lowest BCUT2D eigenvalue weighted by Gasteiger charge is -2.53. The fourth-order valence-electron chi connectivity index (χ4n) is 2.89. The Bertz CT molecular complexity index is 134. The molecular weight excluding hydrogens is 134 g/mol. The zero-order chi connectivity index (χ0) is 7.73. The molecule has 64 valence electrons. The van der Waals surface area contributed by atoms with Crippen molar-refractivity contribution in [2.45, 2.75) is 51.5 Å². The highest BCUT2D eigenvalue weighted by Gasteiger charge is 2.45. The third-order valence-corrected chi connectivity index (χ3v) is 3.70. The summed E-state index contributed by atoms with van der Waals surface area (Å²) in [5, 5.41) is 3.56. The molecule has 1 nitrogen and oxygen atoms in total. The minimum absolute atomic E-state index is 0.757. The van der Waals surface area contributed by atoms with Crippen LogP contribution in [0.1, 0.15) is 45.4 Å². The van der Waals surface area contributed by atoms with E-state index in [-0.39, 0.29) is 0 Å². The van der Waals surface area contributed by atoms with Crippen molar-refractivity contribution in [2.75, 3.05) is 6.54 Å². The summed E-state index contributed by atoms with van der Waals surface area (Å²) in [7, 11) is 0. The molecule has 0 aromatic rings. The van der Waals surface area contributed by atoms with Crippen LogP contribution in [0.3, 0.4) is 0 Å². The van der Waals surface area contributed by atoms with Crippen LogP contribution in [-0.2, 0) is 0 Å². The van der Waals surface area contributed by atoms with E-state index in [9.17, 15) is 0 Å². The first-order valence-corrected chi connectivity index (χ1v) is 5.11. The molecule has 1 heterocycles. The van der Waals surface area contributed by atoms with Crippen LogP contribution in [0.5, 0.6) is 0 Å². The Morgan fingerprint density at radius 1 is 1.27 bits per heavy atom. The average Bonchev–Trinajstić information content (AvgIpc) is 2.05. The molecule has 1 N–H and O–H groups in total. The highest BCUT2D eigenvalue weighted by atomic mass is 15.0. The standard InChI is InChI=1S/C10H19N/c1-2-9-10(8-11-9)6-4-3-5-7-10/h9,11H,2-8H2,1H3/t9-/m1/s1. The van der Waals surface area contributed by atoms with Gasteiger partial charge in [-0.3, -0.25) is 0 Å². The molecule has 2 aliphatic rings. The van der Waals surface area contributed by atoms with Crippen LogP contribution in [0, 0.1) is 5.41 Å². The maximum Gasteiger partial charge on any atom is 0.0133 e. The lowest BCUT2D eigenvalue weighted by atomic mass is 9.63. The third-order valence-electron chi connectivity index (χ3n) is 3.70. The van der Waals surface area contributed by atoms with Gasteiger partial charge in [0, 0.05) is 12.6 Å². The molecule has 0 unspecified atom stereocenters. The second-order valence-corrected chi connectivity index (χ2v) is 4.26. The second-order valence-electron chi connectivity index (χ2n) is 4.26. The molecule has 0 aromatic heterocycles. The van der Waals surface area contributed by atoms with Crippen LogP contribution < -0.4 is 5.32 Å². The fourth-order valence-corrected chi connectivity index (χ4v) is 2.89. The van der Waals surface area contributed by atoms with Crippen molar-refractivity contribution in [3.63, 3.8) is 0 Å². The summed E-state index contributed by atoms with van der Waals surface area (Å²) in [5.41, 5.74) is 0.757. The van der Waals surface area contributed by atoms with Crippen molar-refractivity contribution in [2.24, 2.45) is 5.41 Å². The van der Waals surface area contributed by atoms with Gasteiger partial charge in [0.1, 0.15) is 0 Å². The van der Waals surface area contributed by atoms with Gasteiger partial charge in [-0.2, -0.15) is 0 Å². The van der Waals surface area contributed by atoms with Crippen molar-refractivity contribution in [1.82, 2.24) is 5.32 Å². The van der Waals surface area contributed by atoms with Gasteiger partial charge < -0.3 is 5.32 Å². The molecule has 1 atom stereocenters. The number of nitrogens with one attached hydrogen (secondary N) is 1. The van der Waals surface area contributed by atoms with Crippen molar-refractivity contribution < 1.29 is 0 Å². The Labute approximate surface area is 69.6 Å². The summed E-state index contributed by atoms with van der Waals surface area (Å²) < 4.78 is 0. The summed E-state index contributed by atoms with van der Waals surface area (Å²) in [4.78, 5) is 0. The fraction of sp³-hybridized carbons (Fsp3) is 1.00. The third kappa shape index (κ3) is 1.10. The summed E-state index contributed by atoms with van der Waals surface area (Å²) in [6.45, 7) is 3.62. The van der Waals surface area contributed by atoms with Crippen LogP contribution in [0.2, 0.25) is 0 Å². The van der Waals surface area contributed by atoms with E-state index < -0.39 is 0 Å². The minimum Gasteiger partial charge on any atom is -0.313 e. The predicted molar refractivity (Wildman–Crippen MR) is 47.6 cm³/mol. The molecule has 1 saturated carbocycles. The lowest BCUT2D eigenvalue weighted by molar-refractivity contribution is 0.0349. The largest absolute Gasteiger partial charge is 0.313 e. The van der Waals surface area contributed by atoms with Crippen molar-refractivity contribution in [1.29, 1.82) is 0 Å². The van der Waals surface area contributed by atoms with Crippen molar-refractivity contribution in [3.05, 3.63) is 0 Å². The van der Waals surface area contributed by atoms with Gasteiger partial charge in [0.15, 0.2) is 0 Å². The lowest BCUT2D eigenvalue weighted by Crippen LogP contribution is -2.62. The Morgan fingerprint density at radius 3 is 2.45 bits per heavy atom. The Hall–Kier alpha value is -0.0400. The molecule has 1 heteroatoms. The van der Waals surface area contributed by atoms with Gasteiger partial charge in [-0.1, -0.05) is 26.2 Å². The second kappa shape index (κ2) is 2.78. The summed E-state index contributed by atoms with van der Waals surface area (Å²) in [6.07, 6.45) is 8.78. The Kier molecular flexibility index (Phi) is 1.92. The van der Waals surface area contributed by atoms with E-state index in [1.54, 1.807) is 0 Å². The highest BCUT2D eigenvalue weighted by Crippen LogP contribution is 2.44. The zero-order valence-corrected chi connectivity index (χ0v) is 7.53. The molecule has 0 bridgehead atoms. The first-order valence-electron chi connectivity index (χ1n) is 5.11. The van der Waals surface area contributed by atoms with Gasteiger partial charge in [0.05, 0.1) is 0 Å². The van der Waals surface area contributed by atoms with E-state index in [2.05, 4.69) is 12.2 Å². The van der Waals surface area contributed by atoms with Gasteiger partial charge in [0.2, 0.25) is 0 Å². The maximum absolute atomic E-state index is 3.56. The van der Waals surface area contributed by atoms with Gasteiger partial charge in [0.25, 0.3) is 0 Å². The van der Waals surface area contributed by atoms with E-state index in [4.69, 9.17) is 0 Å². The molecule has 0 aromatic carbocycles. The number of hydrogen-bond acceptors (Lipinski definition) is 1. The van der Waals surface area contributed by atoms with Crippen LogP contribution in [0.15, 0.2) is 0 Å². The monoisotopic (exact) mass is 153 g/mol. The molecule has 2 fully saturated rings. The number of rotatable bonds is 1. The van der Waals surface area contributed by atoms with E-state index in [1.807, 2.05) is 0 Å². The predicted octanol–water partition coefficient (Wildman–Crippen LogP) is 2.32. The summed E-state index contributed by atoms with van der Waals surface area (Å²) in [6, 6.07) is 0.864. The molecule has 2 rings (SSSR count). The van der Waals surface area contributed by atoms with Crippen LogP contribution in [0.4, 0.5) is 0 Å². The summed E-state index contributed by atoms with van der Waals surface area (Å²) in [5.74, 6) is 0. The topological polar surface area (TPSA) is 12.0 Å². The van der Waals surface area contributed by atoms with Crippen LogP contribution >= 0.6 is 0 Å². The smallest absolute Gasteiger partial charge is 0.0133 e. The van der Waals surface area contributed by atoms with E-state index in [0.29, 0.717) is 0 Å². The summed E-state index contributed by atoms with van der Waals surface area (Å²) >= 11 is 0. The minimum atomic E-state index is 0.757. The average molecular weight is 153 g/mol. The SMILES string of the molecule is CC[C@H]1NCC12CCCCC2. The van der Waals surface area contributed by atoms with Gasteiger partial charge in [-0.05, 0) is 24.7 Å². The van der Waals surface area contributed by atoms with E-state index >= 15 is 0 Å². The zero-order valence-electron chi connectivity index (χ0n) is 7.53. The van der Waals surface area contributed by atoms with Gasteiger partial charge in [-0.15, -0.1) is 0 Å². The van der Waals surface area contributed by atoms with E-state index in [0.717, 1.165) is 11.5 Å². The normalized spacial score (nSPS) is 35.2. The first kappa shape index (κ1) is 7.60. The van der Waals surface area contributed by atoms with E-state index in [1.165, 1.54) is 45.1 Å². The maximum atomic E-state index is 3.56. The highest BCUT2D eigenvalue weighted by molar-refractivity contribution is 5.02. The van der Waals surface area contributed by atoms with Crippen molar-refractivity contribution in [3.8, 4) is 0 Å².